The lowest BCUT2D eigenvalue weighted by Crippen LogP contribution is -2.41. The molecule has 0 unspecified atom stereocenters. The van der Waals surface area contributed by atoms with Gasteiger partial charge in [0, 0.05) is 6.04 Å². The van der Waals surface area contributed by atoms with Gasteiger partial charge in [-0.05, 0) is 49.3 Å². The molecule has 3 rings (SSSR count). The van der Waals surface area contributed by atoms with E-state index >= 15 is 0 Å². The molecule has 1 heterocycles. The Bertz CT molecular complexity index is 709. The second-order valence-corrected chi connectivity index (χ2v) is 6.51. The first kappa shape index (κ1) is 17.8. The molecule has 1 saturated carbocycles. The Hall–Kier alpha value is -2.02. The van der Waals surface area contributed by atoms with Crippen LogP contribution in [-0.2, 0) is 12.7 Å². The molecule has 0 radical (unpaired) electrons. The summed E-state index contributed by atoms with van der Waals surface area (Å²) >= 11 is 5.46. The normalized spacial score (nSPS) is 15.3. The summed E-state index contributed by atoms with van der Waals surface area (Å²) in [4.78, 5) is 1.94. The van der Waals surface area contributed by atoms with Crippen LogP contribution < -0.4 is 5.32 Å². The predicted molar refractivity (Wildman–Crippen MR) is 94.2 cm³/mol. The number of nitrogens with zero attached hydrogens (tertiary/aromatic N) is 1. The third-order valence-electron chi connectivity index (χ3n) is 4.41. The van der Waals surface area contributed by atoms with Gasteiger partial charge in [0.1, 0.15) is 5.76 Å². The van der Waals surface area contributed by atoms with E-state index in [0.29, 0.717) is 11.7 Å². The molecule has 0 amide bonds. The van der Waals surface area contributed by atoms with Gasteiger partial charge in [-0.3, -0.25) is 0 Å². The van der Waals surface area contributed by atoms with Gasteiger partial charge in [-0.2, -0.15) is 13.2 Å². The molecule has 1 aromatic heterocycles. The van der Waals surface area contributed by atoms with Crippen molar-refractivity contribution < 1.29 is 17.6 Å². The minimum Gasteiger partial charge on any atom is -0.467 e. The number of rotatable bonds is 4. The van der Waals surface area contributed by atoms with Crippen LogP contribution in [0.3, 0.4) is 0 Å². The van der Waals surface area contributed by atoms with E-state index in [-0.39, 0.29) is 11.7 Å². The van der Waals surface area contributed by atoms with E-state index in [9.17, 15) is 13.2 Å². The second kappa shape index (κ2) is 7.47. The summed E-state index contributed by atoms with van der Waals surface area (Å²) in [5.74, 6) is 0.736. The van der Waals surface area contributed by atoms with Gasteiger partial charge < -0.3 is 14.6 Å². The van der Waals surface area contributed by atoms with Crippen LogP contribution in [0.15, 0.2) is 47.1 Å². The SMILES string of the molecule is FC(F)(F)c1ccccc1NC(=S)N(Cc1ccco1)C1CCCC1. The molecule has 1 aliphatic rings. The van der Waals surface area contributed by atoms with E-state index in [0.717, 1.165) is 37.5 Å². The van der Waals surface area contributed by atoms with Crippen LogP contribution in [0.1, 0.15) is 37.0 Å². The fraction of sp³-hybridized carbons (Fsp3) is 0.389. The molecule has 7 heteroatoms. The number of alkyl halides is 3. The van der Waals surface area contributed by atoms with Crippen LogP contribution in [0.5, 0.6) is 0 Å². The zero-order valence-electron chi connectivity index (χ0n) is 13.6. The Labute approximate surface area is 149 Å². The maximum atomic E-state index is 13.2. The number of benzene rings is 1. The van der Waals surface area contributed by atoms with E-state index in [2.05, 4.69) is 5.32 Å². The fourth-order valence-corrected chi connectivity index (χ4v) is 3.50. The van der Waals surface area contributed by atoms with Gasteiger partial charge in [-0.25, -0.2) is 0 Å². The Morgan fingerprint density at radius 1 is 1.16 bits per heavy atom. The topological polar surface area (TPSA) is 28.4 Å². The van der Waals surface area contributed by atoms with Crippen molar-refractivity contribution in [2.75, 3.05) is 5.32 Å². The van der Waals surface area contributed by atoms with Crippen LogP contribution in [0.2, 0.25) is 0 Å². The van der Waals surface area contributed by atoms with E-state index in [1.54, 1.807) is 18.4 Å². The molecule has 25 heavy (non-hydrogen) atoms. The van der Waals surface area contributed by atoms with Crippen molar-refractivity contribution in [1.29, 1.82) is 0 Å². The first-order valence-corrected chi connectivity index (χ1v) is 8.62. The van der Waals surface area contributed by atoms with Crippen molar-refractivity contribution in [1.82, 2.24) is 4.90 Å². The minimum absolute atomic E-state index is 0.0255. The first-order valence-electron chi connectivity index (χ1n) is 8.21. The smallest absolute Gasteiger partial charge is 0.418 e. The van der Waals surface area contributed by atoms with E-state index in [1.165, 1.54) is 12.1 Å². The monoisotopic (exact) mass is 368 g/mol. The molecular formula is C18H19F3N2OS. The molecule has 1 aliphatic carbocycles. The van der Waals surface area contributed by atoms with Gasteiger partial charge in [0.25, 0.3) is 0 Å². The number of hydrogen-bond donors (Lipinski definition) is 1. The minimum atomic E-state index is -4.43. The number of para-hydroxylation sites is 1. The van der Waals surface area contributed by atoms with Gasteiger partial charge >= 0.3 is 6.18 Å². The molecule has 0 spiro atoms. The van der Waals surface area contributed by atoms with Gasteiger partial charge in [-0.15, -0.1) is 0 Å². The van der Waals surface area contributed by atoms with Crippen LogP contribution in [0.4, 0.5) is 18.9 Å². The Morgan fingerprint density at radius 2 is 1.88 bits per heavy atom. The lowest BCUT2D eigenvalue weighted by Gasteiger charge is -2.31. The molecule has 0 aliphatic heterocycles. The average Bonchev–Trinajstić information content (AvgIpc) is 3.25. The third kappa shape index (κ3) is 4.34. The average molecular weight is 368 g/mol. The van der Waals surface area contributed by atoms with Gasteiger partial charge in [0.2, 0.25) is 0 Å². The highest BCUT2D eigenvalue weighted by Crippen LogP contribution is 2.35. The van der Waals surface area contributed by atoms with Crippen LogP contribution in [0.25, 0.3) is 0 Å². The van der Waals surface area contributed by atoms with Crippen LogP contribution >= 0.6 is 12.2 Å². The molecule has 0 bridgehead atoms. The molecule has 0 atom stereocenters. The summed E-state index contributed by atoms with van der Waals surface area (Å²) in [6.45, 7) is 0.442. The molecule has 1 fully saturated rings. The lowest BCUT2D eigenvalue weighted by molar-refractivity contribution is -0.136. The standard InChI is InChI=1S/C18H19F3N2OS/c19-18(20,21)15-9-3-4-10-16(15)22-17(25)23(13-6-1-2-7-13)12-14-8-5-11-24-14/h3-5,8-11,13H,1-2,6-7,12H2,(H,22,25). The lowest BCUT2D eigenvalue weighted by atomic mass is 10.1. The summed E-state index contributed by atoms with van der Waals surface area (Å²) in [5.41, 5.74) is -0.746. The maximum absolute atomic E-state index is 13.2. The Balaban J connectivity index is 1.81. The maximum Gasteiger partial charge on any atom is 0.418 e. The highest BCUT2D eigenvalue weighted by molar-refractivity contribution is 7.80. The summed E-state index contributed by atoms with van der Waals surface area (Å²) in [6, 6.07) is 9.22. The number of hydrogen-bond acceptors (Lipinski definition) is 2. The number of anilines is 1. The third-order valence-corrected chi connectivity index (χ3v) is 4.74. The van der Waals surface area contributed by atoms with Crippen molar-refractivity contribution in [3.63, 3.8) is 0 Å². The highest BCUT2D eigenvalue weighted by Gasteiger charge is 2.34. The Kier molecular flexibility index (Phi) is 5.32. The van der Waals surface area contributed by atoms with Gasteiger partial charge in [-0.1, -0.05) is 25.0 Å². The first-order chi connectivity index (χ1) is 11.9. The quantitative estimate of drug-likeness (QED) is 0.728. The van der Waals surface area contributed by atoms with E-state index in [4.69, 9.17) is 16.6 Å². The molecule has 0 saturated heterocycles. The molecule has 134 valence electrons. The van der Waals surface area contributed by atoms with E-state index in [1.807, 2.05) is 11.0 Å². The van der Waals surface area contributed by atoms with E-state index < -0.39 is 11.7 Å². The molecule has 3 nitrogen and oxygen atoms in total. The summed E-state index contributed by atoms with van der Waals surface area (Å²) < 4.78 is 45.0. The van der Waals surface area contributed by atoms with Crippen molar-refractivity contribution >= 4 is 23.0 Å². The molecule has 1 N–H and O–H groups in total. The Morgan fingerprint density at radius 3 is 2.52 bits per heavy atom. The zero-order chi connectivity index (χ0) is 17.9. The molecule has 2 aromatic rings. The van der Waals surface area contributed by atoms with Crippen molar-refractivity contribution in [2.24, 2.45) is 0 Å². The second-order valence-electron chi connectivity index (χ2n) is 6.12. The summed E-state index contributed by atoms with van der Waals surface area (Å²) in [5, 5.41) is 3.09. The van der Waals surface area contributed by atoms with Crippen molar-refractivity contribution in [3.05, 3.63) is 54.0 Å². The highest BCUT2D eigenvalue weighted by atomic mass is 32.1. The summed E-state index contributed by atoms with van der Waals surface area (Å²) in [6.07, 6.45) is 1.30. The number of nitrogens with one attached hydrogen (secondary N) is 1. The van der Waals surface area contributed by atoms with Crippen molar-refractivity contribution in [2.45, 2.75) is 44.4 Å². The molecule has 1 aromatic carbocycles. The zero-order valence-corrected chi connectivity index (χ0v) is 14.4. The predicted octanol–water partition coefficient (Wildman–Crippen LogP) is 5.44. The van der Waals surface area contributed by atoms with Crippen LogP contribution in [0, 0.1) is 0 Å². The largest absolute Gasteiger partial charge is 0.467 e. The van der Waals surface area contributed by atoms with Gasteiger partial charge in [0.05, 0.1) is 24.1 Å². The summed E-state index contributed by atoms with van der Waals surface area (Å²) in [7, 11) is 0. The number of furan rings is 1. The fourth-order valence-electron chi connectivity index (χ4n) is 3.18. The number of halogens is 3. The van der Waals surface area contributed by atoms with Crippen LogP contribution in [-0.4, -0.2) is 16.1 Å². The molecular weight excluding hydrogens is 349 g/mol. The number of thiocarbonyl (C=S) groups is 1. The van der Waals surface area contributed by atoms with Gasteiger partial charge in [0.15, 0.2) is 5.11 Å². The van der Waals surface area contributed by atoms with Crippen molar-refractivity contribution in [3.8, 4) is 0 Å².